The number of aromatic amines is 1. The van der Waals surface area contributed by atoms with Crippen molar-refractivity contribution < 1.29 is 14.4 Å². The molecule has 4 aromatic heterocycles. The number of carbonyl (C=O) groups excluding carboxylic acids is 3. The topological polar surface area (TPSA) is 150 Å². The molecule has 4 fully saturated rings. The first-order valence-electron chi connectivity index (χ1n) is 23.6. The number of hydrogen-bond acceptors (Lipinski definition) is 9. The predicted octanol–water partition coefficient (Wildman–Crippen LogP) is 5.55. The number of para-hydroxylation sites is 1. The number of H-pyrrole nitrogens is 1. The summed E-state index contributed by atoms with van der Waals surface area (Å²) < 4.78 is 5.44. The number of nitrogens with zero attached hydrogens (tertiary/aromatic N) is 9. The summed E-state index contributed by atoms with van der Waals surface area (Å²) in [5.41, 5.74) is 10.1. The van der Waals surface area contributed by atoms with Crippen molar-refractivity contribution in [1.82, 2.24) is 53.8 Å². The van der Waals surface area contributed by atoms with Gasteiger partial charge in [-0.3, -0.25) is 48.6 Å². The van der Waals surface area contributed by atoms with Crippen molar-refractivity contribution >= 4 is 50.7 Å². The van der Waals surface area contributed by atoms with Gasteiger partial charge in [0.1, 0.15) is 11.7 Å². The Bertz CT molecular complexity index is 3030. The highest BCUT2D eigenvalue weighted by Crippen LogP contribution is 2.34. The van der Waals surface area contributed by atoms with E-state index in [1.54, 1.807) is 16.2 Å². The first-order chi connectivity index (χ1) is 32.2. The zero-order valence-electron chi connectivity index (χ0n) is 37.8. The molecule has 4 aliphatic rings. The summed E-state index contributed by atoms with van der Waals surface area (Å²) in [4.78, 5) is 66.1. The van der Waals surface area contributed by atoms with E-state index in [1.165, 1.54) is 22.2 Å². The summed E-state index contributed by atoms with van der Waals surface area (Å²) >= 11 is 0. The Morgan fingerprint density at radius 3 is 2.32 bits per heavy atom. The molecule has 11 rings (SSSR count). The lowest BCUT2D eigenvalue weighted by molar-refractivity contribution is -0.135. The van der Waals surface area contributed by atoms with Crippen molar-refractivity contribution in [3.8, 4) is 11.1 Å². The van der Waals surface area contributed by atoms with E-state index in [0.29, 0.717) is 24.9 Å². The number of imide groups is 1. The molecule has 0 bridgehead atoms. The Labute approximate surface area is 383 Å². The minimum Gasteiger partial charge on any atom is -0.339 e. The van der Waals surface area contributed by atoms with Gasteiger partial charge in [-0.2, -0.15) is 5.10 Å². The molecule has 3 aromatic carbocycles. The fourth-order valence-electron chi connectivity index (χ4n) is 11.4. The Hall–Kier alpha value is -6.42. The Balaban J connectivity index is 0.650. The Morgan fingerprint density at radius 2 is 1.55 bits per heavy atom. The van der Waals surface area contributed by atoms with E-state index in [-0.39, 0.29) is 23.9 Å². The van der Waals surface area contributed by atoms with Crippen LogP contribution in [0.2, 0.25) is 0 Å². The van der Waals surface area contributed by atoms with Crippen LogP contribution in [0, 0.1) is 0 Å². The minimum atomic E-state index is -0.696. The van der Waals surface area contributed by atoms with Gasteiger partial charge >= 0.3 is 5.69 Å². The number of hydrogen-bond donors (Lipinski definition) is 2. The molecule has 0 radical (unpaired) electrons. The van der Waals surface area contributed by atoms with Crippen molar-refractivity contribution in [2.24, 2.45) is 14.1 Å². The first kappa shape index (κ1) is 42.2. The highest BCUT2D eigenvalue weighted by molar-refractivity contribution is 6.00. The summed E-state index contributed by atoms with van der Waals surface area (Å²) in [5.74, 6) is -0.103. The normalized spacial score (nSPS) is 20.0. The highest BCUT2D eigenvalue weighted by atomic mass is 16.2. The monoisotopic (exact) mass is 887 g/mol. The van der Waals surface area contributed by atoms with Gasteiger partial charge < -0.3 is 9.47 Å². The predicted molar refractivity (Wildman–Crippen MR) is 254 cm³/mol. The van der Waals surface area contributed by atoms with E-state index in [1.807, 2.05) is 41.6 Å². The molecule has 4 saturated heterocycles. The van der Waals surface area contributed by atoms with Crippen LogP contribution in [-0.4, -0.2) is 125 Å². The number of amides is 3. The molecule has 2 N–H and O–H groups in total. The zero-order chi connectivity index (χ0) is 45.1. The summed E-state index contributed by atoms with van der Waals surface area (Å²) in [5, 5.41) is 11.9. The van der Waals surface area contributed by atoms with Crippen LogP contribution in [0.4, 0.5) is 0 Å². The number of fused-ring (bicyclic) bond motifs is 3. The third-order valence-electron chi connectivity index (χ3n) is 15.2. The van der Waals surface area contributed by atoms with Gasteiger partial charge in [-0.15, -0.1) is 0 Å². The van der Waals surface area contributed by atoms with Gasteiger partial charge in [0.25, 0.3) is 5.91 Å². The van der Waals surface area contributed by atoms with Crippen molar-refractivity contribution in [2.75, 3.05) is 52.4 Å². The van der Waals surface area contributed by atoms with Crippen LogP contribution in [0.25, 0.3) is 44.1 Å². The Morgan fingerprint density at radius 1 is 0.773 bits per heavy atom. The standard InChI is InChI=1S/C51H57N11O4/c1-56-40(29-42-41(14-19-52-48(42)56)36-10-11-43-38(28-36)30-53-55-43)32-58-20-15-34(16-21-58)33-6-8-35(9-7-33)50(65)61-22-17-39(18-23-61)60-26-24-59(25-27-60)31-37-4-3-5-44-47(37)57(2)51(66)62(44)45-12-13-46(63)54-49(45)64/h3-11,14,19,28-30,34,39,45H,12-13,15-18,20-27,31-32H2,1-2H3,(H,53,55)(H,54,63,64). The molecule has 8 heterocycles. The summed E-state index contributed by atoms with van der Waals surface area (Å²) in [6, 6.07) is 25.0. The number of rotatable bonds is 9. The van der Waals surface area contributed by atoms with E-state index in [4.69, 9.17) is 4.98 Å². The van der Waals surface area contributed by atoms with E-state index < -0.39 is 11.9 Å². The van der Waals surface area contributed by atoms with Crippen molar-refractivity contribution in [3.05, 3.63) is 118 Å². The second kappa shape index (κ2) is 17.4. The average Bonchev–Trinajstić information content (AvgIpc) is 4.02. The molecular weight excluding hydrogens is 831 g/mol. The number of piperidine rings is 3. The number of piperazine rings is 1. The number of likely N-dealkylation sites (tertiary alicyclic amines) is 2. The van der Waals surface area contributed by atoms with E-state index in [9.17, 15) is 19.2 Å². The molecule has 4 aliphatic heterocycles. The second-order valence-corrected chi connectivity index (χ2v) is 18.9. The lowest BCUT2D eigenvalue weighted by Gasteiger charge is -2.43. The number of aryl methyl sites for hydroxylation is 2. The maximum Gasteiger partial charge on any atom is 0.329 e. The number of benzene rings is 3. The van der Waals surface area contributed by atoms with Crippen LogP contribution in [-0.2, 0) is 36.8 Å². The lowest BCUT2D eigenvalue weighted by atomic mass is 9.89. The number of carbonyl (C=O) groups is 3. The van der Waals surface area contributed by atoms with Gasteiger partial charge in [0, 0.05) is 107 Å². The third-order valence-corrected chi connectivity index (χ3v) is 15.2. The molecule has 3 amide bonds. The summed E-state index contributed by atoms with van der Waals surface area (Å²) in [6.07, 6.45) is 8.43. The quantitative estimate of drug-likeness (QED) is 0.178. The fraction of sp³-hybridized carbons (Fsp3) is 0.412. The molecular formula is C51H57N11O4. The number of nitrogens with one attached hydrogen (secondary N) is 2. The van der Waals surface area contributed by atoms with Crippen LogP contribution in [0.5, 0.6) is 0 Å². The maximum absolute atomic E-state index is 13.7. The number of pyridine rings is 1. The number of imidazole rings is 1. The van der Waals surface area contributed by atoms with Crippen LogP contribution in [0.3, 0.4) is 0 Å². The van der Waals surface area contributed by atoms with Crippen molar-refractivity contribution in [3.63, 3.8) is 0 Å². The molecule has 340 valence electrons. The van der Waals surface area contributed by atoms with Gasteiger partial charge in [0.2, 0.25) is 11.8 Å². The van der Waals surface area contributed by atoms with E-state index >= 15 is 0 Å². The van der Waals surface area contributed by atoms with Crippen LogP contribution < -0.4 is 11.0 Å². The molecule has 1 atom stereocenters. The minimum absolute atomic E-state index is 0.129. The second-order valence-electron chi connectivity index (χ2n) is 18.9. The smallest absolute Gasteiger partial charge is 0.329 e. The SMILES string of the molecule is Cn1c(CN2CCC(c3ccc(C(=O)N4CCC(N5CCN(Cc6cccc7c6n(C)c(=O)n7C6CCC(=O)NC6=O)CC5)CC4)cc3)CC2)cc2c(-c3ccc4[nH]ncc4c3)ccnc21. The molecule has 0 spiro atoms. The lowest BCUT2D eigenvalue weighted by Crippen LogP contribution is -2.53. The van der Waals surface area contributed by atoms with E-state index in [0.717, 1.165) is 129 Å². The summed E-state index contributed by atoms with van der Waals surface area (Å²) in [6.45, 7) is 8.91. The molecule has 0 saturated carbocycles. The summed E-state index contributed by atoms with van der Waals surface area (Å²) in [7, 11) is 3.89. The van der Waals surface area contributed by atoms with Crippen LogP contribution >= 0.6 is 0 Å². The third kappa shape index (κ3) is 7.81. The largest absolute Gasteiger partial charge is 0.339 e. The molecule has 1 unspecified atom stereocenters. The maximum atomic E-state index is 13.7. The molecule has 0 aliphatic carbocycles. The van der Waals surface area contributed by atoms with Crippen molar-refractivity contribution in [1.29, 1.82) is 0 Å². The van der Waals surface area contributed by atoms with Crippen molar-refractivity contribution in [2.45, 2.75) is 69.6 Å². The molecule has 66 heavy (non-hydrogen) atoms. The number of aromatic nitrogens is 6. The zero-order valence-corrected chi connectivity index (χ0v) is 37.8. The van der Waals surface area contributed by atoms with Gasteiger partial charge in [-0.25, -0.2) is 9.78 Å². The molecule has 7 aromatic rings. The molecule has 15 nitrogen and oxygen atoms in total. The van der Waals surface area contributed by atoms with Crippen LogP contribution in [0.15, 0.2) is 90.0 Å². The van der Waals surface area contributed by atoms with Gasteiger partial charge in [0.15, 0.2) is 0 Å². The van der Waals surface area contributed by atoms with Crippen LogP contribution in [0.1, 0.15) is 77.7 Å². The van der Waals surface area contributed by atoms with Gasteiger partial charge in [-0.05, 0) is 116 Å². The fourth-order valence-corrected chi connectivity index (χ4v) is 11.4. The highest BCUT2D eigenvalue weighted by Gasteiger charge is 2.33. The first-order valence-corrected chi connectivity index (χ1v) is 23.6. The average molecular weight is 888 g/mol. The van der Waals surface area contributed by atoms with E-state index in [2.05, 4.69) is 90.4 Å². The molecule has 15 heteroatoms. The van der Waals surface area contributed by atoms with Gasteiger partial charge in [0.05, 0.1) is 22.7 Å². The van der Waals surface area contributed by atoms with Gasteiger partial charge in [-0.1, -0.05) is 30.3 Å². The Kier molecular flexibility index (Phi) is 11.1.